The predicted octanol–water partition coefficient (Wildman–Crippen LogP) is 2.03. The van der Waals surface area contributed by atoms with E-state index in [1.54, 1.807) is 4.90 Å². The van der Waals surface area contributed by atoms with Crippen LogP contribution >= 0.6 is 0 Å². The van der Waals surface area contributed by atoms with Crippen LogP contribution in [0.2, 0.25) is 0 Å². The number of halogens is 2. The minimum absolute atomic E-state index is 0.0347. The fourth-order valence-corrected chi connectivity index (χ4v) is 4.48. The summed E-state index contributed by atoms with van der Waals surface area (Å²) in [6, 6.07) is 0. The number of hydrogen-bond acceptors (Lipinski definition) is 3. The molecule has 23 heavy (non-hydrogen) atoms. The quantitative estimate of drug-likeness (QED) is 0.829. The zero-order valence-electron chi connectivity index (χ0n) is 13.1. The number of aliphatic hydroxyl groups is 1. The van der Waals surface area contributed by atoms with E-state index in [4.69, 9.17) is 0 Å². The summed E-state index contributed by atoms with van der Waals surface area (Å²) in [5.74, 6) is -0.800. The Kier molecular flexibility index (Phi) is 3.90. The molecule has 7 heteroatoms. The third kappa shape index (κ3) is 2.53. The number of piperidine rings is 1. The second-order valence-electron chi connectivity index (χ2n) is 7.56. The smallest absolute Gasteiger partial charge is 0.309 e. The zero-order chi connectivity index (χ0) is 16.9. The summed E-state index contributed by atoms with van der Waals surface area (Å²) in [5, 5.41) is 19.2. The molecule has 130 valence electrons. The fourth-order valence-electron chi connectivity index (χ4n) is 4.48. The number of alkyl halides is 2. The first kappa shape index (κ1) is 16.6. The second-order valence-corrected chi connectivity index (χ2v) is 7.56. The third-order valence-corrected chi connectivity index (χ3v) is 6.48. The molecule has 4 aliphatic rings. The van der Waals surface area contributed by atoms with Crippen molar-refractivity contribution >= 4 is 11.9 Å². The van der Waals surface area contributed by atoms with Crippen LogP contribution in [0.3, 0.4) is 0 Å². The average Bonchev–Trinajstić information content (AvgIpc) is 2.56. The summed E-state index contributed by atoms with van der Waals surface area (Å²) in [4.78, 5) is 25.9. The van der Waals surface area contributed by atoms with Crippen LogP contribution in [-0.4, -0.2) is 52.1 Å². The van der Waals surface area contributed by atoms with Crippen molar-refractivity contribution in [3.8, 4) is 0 Å². The first-order chi connectivity index (χ1) is 10.7. The molecule has 0 spiro atoms. The topological polar surface area (TPSA) is 77.8 Å². The highest BCUT2D eigenvalue weighted by Crippen LogP contribution is 2.57. The Morgan fingerprint density at radius 3 is 1.70 bits per heavy atom. The number of carboxylic acids is 1. The summed E-state index contributed by atoms with van der Waals surface area (Å²) in [6.07, 6.45) is 0.236. The Morgan fingerprint density at radius 1 is 0.870 bits per heavy atom. The number of carboxylic acid groups (broad SMARTS) is 1. The number of amides is 1. The standard InChI is InChI=1S/C16H23F2NO4/c17-11(18)16(23)7-9-19(10-8-16)12(20)14-1-4-15(5-2-14,6-3-14)13(21)22/h11,23H,1-10H2,(H,21,22). The number of rotatable bonds is 3. The van der Waals surface area contributed by atoms with Crippen molar-refractivity contribution in [3.05, 3.63) is 0 Å². The maximum Gasteiger partial charge on any atom is 0.309 e. The van der Waals surface area contributed by atoms with E-state index in [2.05, 4.69) is 0 Å². The van der Waals surface area contributed by atoms with Crippen LogP contribution in [-0.2, 0) is 9.59 Å². The number of carbonyl (C=O) groups is 2. The van der Waals surface area contributed by atoms with E-state index in [-0.39, 0.29) is 31.8 Å². The molecular formula is C16H23F2NO4. The Morgan fingerprint density at radius 2 is 1.30 bits per heavy atom. The van der Waals surface area contributed by atoms with Crippen LogP contribution in [0.15, 0.2) is 0 Å². The zero-order valence-corrected chi connectivity index (χ0v) is 13.1. The van der Waals surface area contributed by atoms with Crippen molar-refractivity contribution in [3.63, 3.8) is 0 Å². The molecule has 2 N–H and O–H groups in total. The van der Waals surface area contributed by atoms with Crippen LogP contribution in [0.1, 0.15) is 51.4 Å². The monoisotopic (exact) mass is 331 g/mol. The minimum atomic E-state index is -2.79. The van der Waals surface area contributed by atoms with Gasteiger partial charge in [0.15, 0.2) is 0 Å². The van der Waals surface area contributed by atoms with Gasteiger partial charge in [0.25, 0.3) is 6.43 Å². The average molecular weight is 331 g/mol. The molecule has 1 heterocycles. The molecule has 3 saturated carbocycles. The molecule has 1 saturated heterocycles. The van der Waals surface area contributed by atoms with Gasteiger partial charge >= 0.3 is 5.97 Å². The number of nitrogens with zero attached hydrogens (tertiary/aromatic N) is 1. The van der Waals surface area contributed by atoms with Crippen molar-refractivity contribution < 1.29 is 28.6 Å². The second kappa shape index (κ2) is 5.40. The van der Waals surface area contributed by atoms with E-state index in [0.29, 0.717) is 38.5 Å². The molecule has 1 amide bonds. The van der Waals surface area contributed by atoms with E-state index in [1.165, 1.54) is 0 Å². The maximum absolute atomic E-state index is 12.9. The van der Waals surface area contributed by atoms with Crippen molar-refractivity contribution in [2.24, 2.45) is 10.8 Å². The van der Waals surface area contributed by atoms with E-state index in [9.17, 15) is 28.6 Å². The molecule has 4 fully saturated rings. The number of aliphatic carboxylic acids is 1. The summed E-state index contributed by atoms with van der Waals surface area (Å²) in [7, 11) is 0. The molecule has 2 bridgehead atoms. The van der Waals surface area contributed by atoms with Crippen LogP contribution < -0.4 is 0 Å². The van der Waals surface area contributed by atoms with Crippen molar-refractivity contribution in [1.29, 1.82) is 0 Å². The normalized spacial score (nSPS) is 36.3. The van der Waals surface area contributed by atoms with E-state index >= 15 is 0 Å². The molecule has 5 nitrogen and oxygen atoms in total. The number of fused-ring (bicyclic) bond motifs is 3. The van der Waals surface area contributed by atoms with Crippen molar-refractivity contribution in [2.45, 2.75) is 63.4 Å². The molecular weight excluding hydrogens is 308 g/mol. The van der Waals surface area contributed by atoms with Crippen LogP contribution in [0.5, 0.6) is 0 Å². The van der Waals surface area contributed by atoms with Gasteiger partial charge in [-0.25, -0.2) is 8.78 Å². The van der Waals surface area contributed by atoms with Gasteiger partial charge in [0.1, 0.15) is 5.60 Å². The van der Waals surface area contributed by atoms with Gasteiger partial charge in [0, 0.05) is 18.5 Å². The SMILES string of the molecule is O=C(O)C12CCC(C(=O)N3CCC(O)(C(F)F)CC3)(CC1)CC2. The van der Waals surface area contributed by atoms with Gasteiger partial charge in [-0.3, -0.25) is 9.59 Å². The Balaban J connectivity index is 1.66. The molecule has 0 aromatic rings. The van der Waals surface area contributed by atoms with Gasteiger partial charge < -0.3 is 15.1 Å². The minimum Gasteiger partial charge on any atom is -0.481 e. The van der Waals surface area contributed by atoms with Gasteiger partial charge in [0.05, 0.1) is 5.41 Å². The Labute approximate surface area is 133 Å². The first-order valence-electron chi connectivity index (χ1n) is 8.27. The van der Waals surface area contributed by atoms with Crippen LogP contribution in [0.4, 0.5) is 8.78 Å². The largest absolute Gasteiger partial charge is 0.481 e. The molecule has 0 aromatic heterocycles. The molecule has 1 aliphatic heterocycles. The fraction of sp³-hybridized carbons (Fsp3) is 0.875. The summed E-state index contributed by atoms with van der Waals surface area (Å²) >= 11 is 0. The highest BCUT2D eigenvalue weighted by Gasteiger charge is 2.57. The highest BCUT2D eigenvalue weighted by atomic mass is 19.3. The summed E-state index contributed by atoms with van der Waals surface area (Å²) < 4.78 is 25.7. The van der Waals surface area contributed by atoms with E-state index in [0.717, 1.165) is 0 Å². The van der Waals surface area contributed by atoms with E-state index < -0.39 is 28.8 Å². The molecule has 0 atom stereocenters. The van der Waals surface area contributed by atoms with Gasteiger partial charge in [0.2, 0.25) is 5.91 Å². The predicted molar refractivity (Wildman–Crippen MR) is 77.0 cm³/mol. The highest BCUT2D eigenvalue weighted by molar-refractivity contribution is 5.85. The number of likely N-dealkylation sites (tertiary alicyclic amines) is 1. The lowest BCUT2D eigenvalue weighted by Crippen LogP contribution is -2.57. The maximum atomic E-state index is 12.9. The lowest BCUT2D eigenvalue weighted by Gasteiger charge is -2.52. The number of hydrogen-bond donors (Lipinski definition) is 2. The molecule has 0 aromatic carbocycles. The number of carbonyl (C=O) groups excluding carboxylic acids is 1. The molecule has 4 rings (SSSR count). The van der Waals surface area contributed by atoms with Gasteiger partial charge in [-0.1, -0.05) is 0 Å². The Bertz CT molecular complexity index is 490. The molecule has 0 unspecified atom stereocenters. The van der Waals surface area contributed by atoms with Gasteiger partial charge in [-0.15, -0.1) is 0 Å². The van der Waals surface area contributed by atoms with Gasteiger partial charge in [-0.05, 0) is 51.4 Å². The van der Waals surface area contributed by atoms with Crippen LogP contribution in [0, 0.1) is 10.8 Å². The Hall–Kier alpha value is -1.24. The van der Waals surface area contributed by atoms with E-state index in [1.807, 2.05) is 0 Å². The summed E-state index contributed by atoms with van der Waals surface area (Å²) in [6.45, 7) is 0.289. The first-order valence-corrected chi connectivity index (χ1v) is 8.27. The van der Waals surface area contributed by atoms with Crippen molar-refractivity contribution in [2.75, 3.05) is 13.1 Å². The molecule has 0 radical (unpaired) electrons. The lowest BCUT2D eigenvalue weighted by molar-refractivity contribution is -0.172. The lowest BCUT2D eigenvalue weighted by atomic mass is 9.53. The third-order valence-electron chi connectivity index (χ3n) is 6.48. The summed E-state index contributed by atoms with van der Waals surface area (Å²) in [5.41, 5.74) is -3.16. The van der Waals surface area contributed by atoms with Crippen LogP contribution in [0.25, 0.3) is 0 Å². The van der Waals surface area contributed by atoms with Crippen molar-refractivity contribution in [1.82, 2.24) is 4.90 Å². The molecule has 3 aliphatic carbocycles. The van der Waals surface area contributed by atoms with Gasteiger partial charge in [-0.2, -0.15) is 0 Å².